The number of carbonyl (C=O) groups is 3. The molecule has 3 aromatic carbocycles. The van der Waals surface area contributed by atoms with Crippen LogP contribution in [0.15, 0.2) is 132 Å². The zero-order valence-electron chi connectivity index (χ0n) is 25.7. The van der Waals surface area contributed by atoms with Crippen molar-refractivity contribution in [3.63, 3.8) is 0 Å². The van der Waals surface area contributed by atoms with Gasteiger partial charge in [-0.25, -0.2) is 0 Å². The van der Waals surface area contributed by atoms with E-state index in [0.717, 1.165) is 22.9 Å². The van der Waals surface area contributed by atoms with Crippen LogP contribution in [0.5, 0.6) is 5.75 Å². The molecule has 0 saturated carbocycles. The Morgan fingerprint density at radius 2 is 1.60 bits per heavy atom. The van der Waals surface area contributed by atoms with E-state index in [1.54, 1.807) is 55.5 Å². The lowest BCUT2D eigenvalue weighted by Crippen LogP contribution is -2.42. The van der Waals surface area contributed by atoms with Crippen LogP contribution in [0, 0.1) is 5.92 Å². The van der Waals surface area contributed by atoms with Gasteiger partial charge >= 0.3 is 0 Å². The first-order valence-electron chi connectivity index (χ1n) is 14.7. The molecular weight excluding hydrogens is 582 g/mol. The molecule has 4 rings (SSSR count). The number of hydrogen-bond acceptors (Lipinski definition) is 5. The minimum Gasteiger partial charge on any atom is -0.493 e. The standard InChI is InChI=1S/C37H37N3O4S/c1-5-7-18-30(6-2)40-36(43)32(23-27-19-21-31(22-20-27)44-24-26(3)4)35(42)39-37(40)45-25-33(41)38-34(28-14-10-8-11-15-28)29-16-12-9-13-17-29/h5-23,26,34H,1,24-25H2,2-4H3,(H,38,41)/b18-7-,30-6+,32-23+. The summed E-state index contributed by atoms with van der Waals surface area (Å²) < 4.78 is 5.75. The molecule has 3 aromatic rings. The summed E-state index contributed by atoms with van der Waals surface area (Å²) in [6.45, 7) is 10.2. The van der Waals surface area contributed by atoms with Gasteiger partial charge in [-0.1, -0.05) is 123 Å². The van der Waals surface area contributed by atoms with Gasteiger partial charge in [-0.2, -0.15) is 4.99 Å². The summed E-state index contributed by atoms with van der Waals surface area (Å²) in [5, 5.41) is 3.22. The van der Waals surface area contributed by atoms with E-state index >= 15 is 0 Å². The lowest BCUT2D eigenvalue weighted by molar-refractivity contribution is -0.126. The van der Waals surface area contributed by atoms with Crippen molar-refractivity contribution < 1.29 is 19.1 Å². The maximum atomic E-state index is 13.9. The van der Waals surface area contributed by atoms with Crippen molar-refractivity contribution in [3.8, 4) is 5.75 Å². The van der Waals surface area contributed by atoms with Gasteiger partial charge in [-0.05, 0) is 53.8 Å². The molecular formula is C37H37N3O4S. The van der Waals surface area contributed by atoms with Crippen LogP contribution in [0.1, 0.15) is 43.5 Å². The zero-order valence-corrected chi connectivity index (χ0v) is 26.5. The van der Waals surface area contributed by atoms with Gasteiger partial charge in [0, 0.05) is 5.70 Å². The van der Waals surface area contributed by atoms with Gasteiger partial charge in [0.25, 0.3) is 11.8 Å². The highest BCUT2D eigenvalue weighted by molar-refractivity contribution is 8.14. The molecule has 0 radical (unpaired) electrons. The smallest absolute Gasteiger partial charge is 0.285 e. The van der Waals surface area contributed by atoms with Crippen LogP contribution in [0.25, 0.3) is 6.08 Å². The number of ether oxygens (including phenoxy) is 1. The Bertz CT molecular complexity index is 1590. The van der Waals surface area contributed by atoms with Crippen molar-refractivity contribution in [1.82, 2.24) is 10.2 Å². The molecule has 45 heavy (non-hydrogen) atoms. The third-order valence-electron chi connectivity index (χ3n) is 6.69. The van der Waals surface area contributed by atoms with Gasteiger partial charge in [0.1, 0.15) is 11.3 Å². The quantitative estimate of drug-likeness (QED) is 0.133. The third-order valence-corrected chi connectivity index (χ3v) is 7.63. The minimum atomic E-state index is -0.672. The predicted octanol–water partition coefficient (Wildman–Crippen LogP) is 7.11. The molecule has 0 atom stereocenters. The van der Waals surface area contributed by atoms with Crippen molar-refractivity contribution in [2.45, 2.75) is 26.8 Å². The number of carbonyl (C=O) groups excluding carboxylic acids is 3. The van der Waals surface area contributed by atoms with Crippen molar-refractivity contribution in [1.29, 1.82) is 0 Å². The van der Waals surface area contributed by atoms with Gasteiger partial charge in [0.15, 0.2) is 5.17 Å². The van der Waals surface area contributed by atoms with Crippen molar-refractivity contribution in [3.05, 3.63) is 144 Å². The van der Waals surface area contributed by atoms with Crippen LogP contribution >= 0.6 is 11.8 Å². The van der Waals surface area contributed by atoms with Crippen molar-refractivity contribution in [2.24, 2.45) is 10.9 Å². The largest absolute Gasteiger partial charge is 0.493 e. The number of thioether (sulfide) groups is 1. The summed E-state index contributed by atoms with van der Waals surface area (Å²) >= 11 is 1.03. The third kappa shape index (κ3) is 9.03. The van der Waals surface area contributed by atoms with E-state index in [0.29, 0.717) is 29.5 Å². The Balaban J connectivity index is 1.58. The highest BCUT2D eigenvalue weighted by atomic mass is 32.2. The van der Waals surface area contributed by atoms with E-state index in [2.05, 4.69) is 30.7 Å². The number of amides is 3. The maximum Gasteiger partial charge on any atom is 0.285 e. The van der Waals surface area contributed by atoms with Crippen LogP contribution in [0.2, 0.25) is 0 Å². The molecule has 3 amide bonds. The van der Waals surface area contributed by atoms with Crippen LogP contribution in [-0.2, 0) is 14.4 Å². The highest BCUT2D eigenvalue weighted by Gasteiger charge is 2.35. The molecule has 0 unspecified atom stereocenters. The molecule has 0 fully saturated rings. The molecule has 0 aliphatic carbocycles. The van der Waals surface area contributed by atoms with E-state index in [1.807, 2.05) is 60.7 Å². The van der Waals surface area contributed by atoms with Gasteiger partial charge in [-0.3, -0.25) is 19.3 Å². The Kier molecular flexibility index (Phi) is 11.9. The number of rotatable bonds is 12. The number of allylic oxidation sites excluding steroid dienone is 4. The van der Waals surface area contributed by atoms with Crippen LogP contribution < -0.4 is 10.1 Å². The molecule has 0 spiro atoms. The average Bonchev–Trinajstić information content (AvgIpc) is 3.06. The van der Waals surface area contributed by atoms with Crippen LogP contribution in [0.3, 0.4) is 0 Å². The summed E-state index contributed by atoms with van der Waals surface area (Å²) in [7, 11) is 0. The lowest BCUT2D eigenvalue weighted by atomic mass is 9.99. The Hall–Kier alpha value is -4.95. The summed E-state index contributed by atoms with van der Waals surface area (Å²) in [4.78, 5) is 46.0. The molecule has 1 aliphatic heterocycles. The number of aliphatic imine (C=N–C) groups is 1. The van der Waals surface area contributed by atoms with Crippen molar-refractivity contribution >= 4 is 40.7 Å². The number of benzene rings is 3. The van der Waals surface area contributed by atoms with E-state index in [9.17, 15) is 14.4 Å². The summed E-state index contributed by atoms with van der Waals surface area (Å²) in [5.41, 5.74) is 2.94. The molecule has 7 nitrogen and oxygen atoms in total. The summed E-state index contributed by atoms with van der Waals surface area (Å²) in [6, 6.07) is 26.2. The molecule has 0 aromatic heterocycles. The van der Waals surface area contributed by atoms with E-state index < -0.39 is 11.8 Å². The Labute approximate surface area is 269 Å². The minimum absolute atomic E-state index is 0.0644. The molecule has 0 bridgehead atoms. The van der Waals surface area contributed by atoms with Crippen LogP contribution in [0.4, 0.5) is 0 Å². The Morgan fingerprint density at radius 1 is 0.978 bits per heavy atom. The van der Waals surface area contributed by atoms with Gasteiger partial charge in [0.05, 0.1) is 18.4 Å². The molecule has 230 valence electrons. The molecule has 8 heteroatoms. The average molecular weight is 620 g/mol. The predicted molar refractivity (Wildman–Crippen MR) is 182 cm³/mol. The first kappa shape index (κ1) is 33.0. The normalized spacial score (nSPS) is 14.8. The fourth-order valence-electron chi connectivity index (χ4n) is 4.48. The van der Waals surface area contributed by atoms with E-state index in [-0.39, 0.29) is 28.4 Å². The number of hydrogen-bond donors (Lipinski definition) is 1. The van der Waals surface area contributed by atoms with Crippen LogP contribution in [-0.4, -0.2) is 40.1 Å². The first-order valence-corrected chi connectivity index (χ1v) is 15.7. The number of amidine groups is 1. The topological polar surface area (TPSA) is 88.1 Å². The molecule has 1 aliphatic rings. The maximum absolute atomic E-state index is 13.9. The van der Waals surface area contributed by atoms with E-state index in [1.165, 1.54) is 11.0 Å². The zero-order chi connectivity index (χ0) is 32.2. The van der Waals surface area contributed by atoms with E-state index in [4.69, 9.17) is 4.74 Å². The first-order chi connectivity index (χ1) is 21.8. The second kappa shape index (κ2) is 16.2. The van der Waals surface area contributed by atoms with Gasteiger partial charge in [-0.15, -0.1) is 0 Å². The highest BCUT2D eigenvalue weighted by Crippen LogP contribution is 2.27. The molecule has 0 saturated heterocycles. The second-order valence-corrected chi connectivity index (χ2v) is 11.5. The SMILES string of the molecule is C=C/C=C\C(=C/C)N1C(=O)/C(=C/c2ccc(OCC(C)C)cc2)C(=O)N=C1SCC(=O)NC(c1ccccc1)c1ccccc1. The fraction of sp³-hybridized carbons (Fsp3) is 0.189. The fourth-order valence-corrected chi connectivity index (χ4v) is 5.29. The van der Waals surface area contributed by atoms with Gasteiger partial charge < -0.3 is 10.1 Å². The summed E-state index contributed by atoms with van der Waals surface area (Å²) in [6.07, 6.45) is 8.25. The summed E-state index contributed by atoms with van der Waals surface area (Å²) in [5.74, 6) is -0.455. The van der Waals surface area contributed by atoms with Gasteiger partial charge in [0.2, 0.25) is 5.91 Å². The molecule has 1 N–H and O–H groups in total. The van der Waals surface area contributed by atoms with Crippen molar-refractivity contribution in [2.75, 3.05) is 12.4 Å². The lowest BCUT2D eigenvalue weighted by Gasteiger charge is -2.28. The molecule has 1 heterocycles. The number of nitrogens with one attached hydrogen (secondary N) is 1. The Morgan fingerprint density at radius 3 is 2.16 bits per heavy atom. The second-order valence-electron chi connectivity index (χ2n) is 10.6. The number of nitrogens with zero attached hydrogens (tertiary/aromatic N) is 2. The monoisotopic (exact) mass is 619 g/mol.